The fourth-order valence-corrected chi connectivity index (χ4v) is 2.82. The molecule has 0 radical (unpaired) electrons. The topological polar surface area (TPSA) is 16.1 Å². The molecule has 2 aromatic rings. The number of halogens is 1. The average molecular weight is 325 g/mol. The molecular formula is C14H17BrN2S. The summed E-state index contributed by atoms with van der Waals surface area (Å²) in [6.45, 7) is 4.01. The summed E-state index contributed by atoms with van der Waals surface area (Å²) in [4.78, 5) is 6.88. The van der Waals surface area contributed by atoms with Gasteiger partial charge in [0.05, 0.1) is 10.7 Å². The van der Waals surface area contributed by atoms with E-state index < -0.39 is 0 Å². The SMILES string of the molecule is CCc1nc(CN(C)Cc2ccc(Br)cc2)cs1. The van der Waals surface area contributed by atoms with Gasteiger partial charge in [-0.15, -0.1) is 11.3 Å². The van der Waals surface area contributed by atoms with Crippen molar-refractivity contribution >= 4 is 27.3 Å². The zero-order valence-corrected chi connectivity index (χ0v) is 13.1. The third kappa shape index (κ3) is 3.90. The number of aromatic nitrogens is 1. The Morgan fingerprint density at radius 2 is 1.94 bits per heavy atom. The molecule has 0 aliphatic rings. The van der Waals surface area contributed by atoms with Gasteiger partial charge < -0.3 is 0 Å². The molecule has 0 saturated heterocycles. The van der Waals surface area contributed by atoms with Crippen molar-refractivity contribution in [2.45, 2.75) is 26.4 Å². The maximum absolute atomic E-state index is 4.59. The van der Waals surface area contributed by atoms with Gasteiger partial charge >= 0.3 is 0 Å². The third-order valence-electron chi connectivity index (χ3n) is 2.70. The summed E-state index contributed by atoms with van der Waals surface area (Å²) in [7, 11) is 2.13. The molecule has 2 rings (SSSR count). The van der Waals surface area contributed by atoms with Crippen molar-refractivity contribution in [3.05, 3.63) is 50.4 Å². The smallest absolute Gasteiger partial charge is 0.0926 e. The summed E-state index contributed by atoms with van der Waals surface area (Å²) >= 11 is 5.21. The monoisotopic (exact) mass is 324 g/mol. The highest BCUT2D eigenvalue weighted by Crippen LogP contribution is 2.15. The van der Waals surface area contributed by atoms with Crippen LogP contribution in [0.3, 0.4) is 0 Å². The van der Waals surface area contributed by atoms with Crippen LogP contribution in [-0.4, -0.2) is 16.9 Å². The van der Waals surface area contributed by atoms with Crippen LogP contribution in [0.4, 0.5) is 0 Å². The van der Waals surface area contributed by atoms with Crippen LogP contribution in [0.5, 0.6) is 0 Å². The van der Waals surface area contributed by atoms with Crippen LogP contribution in [0.25, 0.3) is 0 Å². The number of rotatable bonds is 5. The van der Waals surface area contributed by atoms with Crippen molar-refractivity contribution in [3.63, 3.8) is 0 Å². The minimum atomic E-state index is 0.909. The first-order valence-electron chi connectivity index (χ1n) is 6.03. The normalized spacial score (nSPS) is 11.1. The minimum absolute atomic E-state index is 0.909. The highest BCUT2D eigenvalue weighted by atomic mass is 79.9. The van der Waals surface area contributed by atoms with Crippen LogP contribution in [-0.2, 0) is 19.5 Å². The van der Waals surface area contributed by atoms with Crippen molar-refractivity contribution < 1.29 is 0 Å². The van der Waals surface area contributed by atoms with Crippen molar-refractivity contribution in [3.8, 4) is 0 Å². The molecule has 0 saturated carbocycles. The van der Waals surface area contributed by atoms with Gasteiger partial charge in [0, 0.05) is 22.9 Å². The van der Waals surface area contributed by atoms with Gasteiger partial charge in [-0.2, -0.15) is 0 Å². The first kappa shape index (κ1) is 13.7. The quantitative estimate of drug-likeness (QED) is 0.823. The molecule has 4 heteroatoms. The summed E-state index contributed by atoms with van der Waals surface area (Å²) in [5.41, 5.74) is 2.50. The molecular weight excluding hydrogens is 308 g/mol. The largest absolute Gasteiger partial charge is 0.296 e. The van der Waals surface area contributed by atoms with Gasteiger partial charge in [0.25, 0.3) is 0 Å². The van der Waals surface area contributed by atoms with E-state index >= 15 is 0 Å². The van der Waals surface area contributed by atoms with Crippen molar-refractivity contribution in [2.24, 2.45) is 0 Å². The molecule has 2 nitrogen and oxygen atoms in total. The van der Waals surface area contributed by atoms with Gasteiger partial charge in [-0.05, 0) is 31.2 Å². The van der Waals surface area contributed by atoms with E-state index in [1.807, 2.05) is 0 Å². The molecule has 0 aliphatic carbocycles. The van der Waals surface area contributed by atoms with E-state index in [1.54, 1.807) is 11.3 Å². The molecule has 96 valence electrons. The van der Waals surface area contributed by atoms with Crippen LogP contribution >= 0.6 is 27.3 Å². The van der Waals surface area contributed by atoms with Crippen LogP contribution < -0.4 is 0 Å². The molecule has 0 N–H and O–H groups in total. The number of nitrogens with zero attached hydrogens (tertiary/aromatic N) is 2. The standard InChI is InChI=1S/C14H17BrN2S/c1-3-14-16-13(10-18-14)9-17(2)8-11-4-6-12(15)7-5-11/h4-7,10H,3,8-9H2,1-2H3. The maximum Gasteiger partial charge on any atom is 0.0926 e. The zero-order chi connectivity index (χ0) is 13.0. The summed E-state index contributed by atoms with van der Waals surface area (Å²) in [6, 6.07) is 8.47. The molecule has 0 bridgehead atoms. The summed E-state index contributed by atoms with van der Waals surface area (Å²) in [5.74, 6) is 0. The Labute approximate surface area is 121 Å². The lowest BCUT2D eigenvalue weighted by atomic mass is 10.2. The minimum Gasteiger partial charge on any atom is -0.296 e. The molecule has 0 amide bonds. The second-order valence-electron chi connectivity index (χ2n) is 4.38. The van der Waals surface area contributed by atoms with E-state index in [2.05, 4.69) is 69.4 Å². The van der Waals surface area contributed by atoms with E-state index in [0.29, 0.717) is 0 Å². The maximum atomic E-state index is 4.59. The molecule has 0 atom stereocenters. The lowest BCUT2D eigenvalue weighted by Gasteiger charge is -2.15. The number of thiazole rings is 1. The number of aryl methyl sites for hydroxylation is 1. The van der Waals surface area contributed by atoms with Crippen LogP contribution in [0, 0.1) is 0 Å². The first-order valence-corrected chi connectivity index (χ1v) is 7.71. The molecule has 18 heavy (non-hydrogen) atoms. The zero-order valence-electron chi connectivity index (χ0n) is 10.7. The predicted octanol–water partition coefficient (Wildman–Crippen LogP) is 4.10. The Balaban J connectivity index is 1.91. The molecule has 0 spiro atoms. The number of hydrogen-bond acceptors (Lipinski definition) is 3. The summed E-state index contributed by atoms with van der Waals surface area (Å²) in [5, 5.41) is 3.39. The Bertz CT molecular complexity index is 493. The van der Waals surface area contributed by atoms with Crippen LogP contribution in [0.15, 0.2) is 34.1 Å². The molecule has 0 unspecified atom stereocenters. The fraction of sp³-hybridized carbons (Fsp3) is 0.357. The van der Waals surface area contributed by atoms with E-state index in [9.17, 15) is 0 Å². The highest BCUT2D eigenvalue weighted by molar-refractivity contribution is 9.10. The van der Waals surface area contributed by atoms with E-state index in [0.717, 1.165) is 24.0 Å². The summed E-state index contributed by atoms with van der Waals surface area (Å²) in [6.07, 6.45) is 1.03. The van der Waals surface area contributed by atoms with E-state index in [-0.39, 0.29) is 0 Å². The Hall–Kier alpha value is -0.710. The number of benzene rings is 1. The predicted molar refractivity (Wildman–Crippen MR) is 80.8 cm³/mol. The average Bonchev–Trinajstić information content (AvgIpc) is 2.79. The highest BCUT2D eigenvalue weighted by Gasteiger charge is 2.05. The van der Waals surface area contributed by atoms with Crippen molar-refractivity contribution in [1.82, 2.24) is 9.88 Å². The van der Waals surface area contributed by atoms with E-state index in [1.165, 1.54) is 16.3 Å². The molecule has 0 aliphatic heterocycles. The number of hydrogen-bond donors (Lipinski definition) is 0. The van der Waals surface area contributed by atoms with Crippen molar-refractivity contribution in [2.75, 3.05) is 7.05 Å². The van der Waals surface area contributed by atoms with Crippen molar-refractivity contribution in [1.29, 1.82) is 0 Å². The molecule has 1 aromatic carbocycles. The Morgan fingerprint density at radius 1 is 1.22 bits per heavy atom. The fourth-order valence-electron chi connectivity index (χ4n) is 1.82. The lowest BCUT2D eigenvalue weighted by Crippen LogP contribution is -2.17. The van der Waals surface area contributed by atoms with Crippen LogP contribution in [0.1, 0.15) is 23.2 Å². The Morgan fingerprint density at radius 3 is 2.56 bits per heavy atom. The van der Waals surface area contributed by atoms with E-state index in [4.69, 9.17) is 0 Å². The second-order valence-corrected chi connectivity index (χ2v) is 6.24. The van der Waals surface area contributed by atoms with Crippen LogP contribution in [0.2, 0.25) is 0 Å². The third-order valence-corrected chi connectivity index (χ3v) is 4.27. The Kier molecular flexibility index (Phi) is 4.92. The lowest BCUT2D eigenvalue weighted by molar-refractivity contribution is 0.315. The van der Waals surface area contributed by atoms with Gasteiger partial charge in [0.1, 0.15) is 0 Å². The second kappa shape index (κ2) is 6.45. The van der Waals surface area contributed by atoms with Gasteiger partial charge in [0.2, 0.25) is 0 Å². The van der Waals surface area contributed by atoms with Gasteiger partial charge in [-0.25, -0.2) is 4.98 Å². The van der Waals surface area contributed by atoms with Gasteiger partial charge in [-0.1, -0.05) is 35.0 Å². The molecule has 1 heterocycles. The molecule has 1 aromatic heterocycles. The van der Waals surface area contributed by atoms with Gasteiger partial charge in [0.15, 0.2) is 0 Å². The summed E-state index contributed by atoms with van der Waals surface area (Å²) < 4.78 is 1.13. The van der Waals surface area contributed by atoms with Gasteiger partial charge in [-0.3, -0.25) is 4.90 Å². The first-order chi connectivity index (χ1) is 8.67. The molecule has 0 fully saturated rings.